The number of aliphatic hydroxyl groups excluding tert-OH is 2. The number of amides is 1. The van der Waals surface area contributed by atoms with Crippen LogP contribution in [0.3, 0.4) is 0 Å². The fourth-order valence-electron chi connectivity index (χ4n) is 7.30. The van der Waals surface area contributed by atoms with E-state index in [1.807, 2.05) is 13.8 Å². The van der Waals surface area contributed by atoms with Gasteiger partial charge in [-0.15, -0.1) is 0 Å². The minimum absolute atomic E-state index is 0.0266. The molecule has 11 heteroatoms. The van der Waals surface area contributed by atoms with Crippen molar-refractivity contribution in [3.05, 3.63) is 51.2 Å². The van der Waals surface area contributed by atoms with Crippen LogP contribution in [0.5, 0.6) is 5.75 Å². The van der Waals surface area contributed by atoms with E-state index in [0.717, 1.165) is 13.0 Å². The summed E-state index contributed by atoms with van der Waals surface area (Å²) in [5.41, 5.74) is 1.47. The Morgan fingerprint density at radius 3 is 2.49 bits per heavy atom. The van der Waals surface area contributed by atoms with Crippen LogP contribution in [0.2, 0.25) is 0 Å². The average molecular weight is 544 g/mol. The summed E-state index contributed by atoms with van der Waals surface area (Å²) in [6.07, 6.45) is 1.41. The van der Waals surface area contributed by atoms with Crippen molar-refractivity contribution in [2.45, 2.75) is 63.3 Å². The van der Waals surface area contributed by atoms with E-state index < -0.39 is 69.6 Å². The molecule has 10 nitrogen and oxygen atoms in total. The second-order valence-corrected chi connectivity index (χ2v) is 11.6. The third-order valence-corrected chi connectivity index (χ3v) is 9.00. The number of carbonyl (C=O) groups is 3. The van der Waals surface area contributed by atoms with Crippen molar-refractivity contribution in [3.63, 3.8) is 0 Å². The molecule has 1 saturated heterocycles. The molecular weight excluding hydrogens is 509 g/mol. The molecule has 1 aliphatic heterocycles. The first-order valence-electron chi connectivity index (χ1n) is 13.2. The number of ketones is 2. The van der Waals surface area contributed by atoms with Gasteiger partial charge >= 0.3 is 0 Å². The number of hydrogen-bond donors (Lipinski definition) is 5. The zero-order valence-corrected chi connectivity index (χ0v) is 22.4. The number of nitrogens with two attached hydrogens (primary N) is 1. The molecule has 0 bridgehead atoms. The molecule has 1 aromatic carbocycles. The number of hydrogen-bond acceptors (Lipinski definition) is 9. The lowest BCUT2D eigenvalue weighted by Gasteiger charge is -2.50. The minimum atomic E-state index is -2.72. The monoisotopic (exact) mass is 543 g/mol. The SMILES string of the molecule is CC(C)N1CCCC1c1cc(O)c2c(c1F)C[C@H]1C[C@H]3[C@H](N(C)C)C(O)=C(C(N)=O)C(=O)[C@@]3(O)C(O)=C1C2=O. The Labute approximate surface area is 225 Å². The number of likely N-dealkylation sites (tertiary alicyclic amines) is 1. The van der Waals surface area contributed by atoms with Gasteiger partial charge in [-0.3, -0.25) is 24.2 Å². The maximum absolute atomic E-state index is 16.2. The second-order valence-electron chi connectivity index (χ2n) is 11.6. The molecule has 0 spiro atoms. The molecule has 1 fully saturated rings. The molecule has 1 aromatic rings. The number of benzene rings is 1. The van der Waals surface area contributed by atoms with E-state index in [4.69, 9.17) is 5.73 Å². The number of carbonyl (C=O) groups excluding carboxylic acids is 3. The van der Waals surface area contributed by atoms with Gasteiger partial charge in [0, 0.05) is 34.7 Å². The fraction of sp³-hybridized carbons (Fsp3) is 0.536. The molecule has 0 aromatic heterocycles. The molecule has 1 unspecified atom stereocenters. The number of fused-ring (bicyclic) bond motifs is 3. The minimum Gasteiger partial charge on any atom is -0.510 e. The summed E-state index contributed by atoms with van der Waals surface area (Å²) in [6, 6.07) is 0.0480. The third kappa shape index (κ3) is 3.66. The normalized spacial score (nSPS) is 31.2. The highest BCUT2D eigenvalue weighted by molar-refractivity contribution is 6.24. The molecule has 4 aliphatic rings. The van der Waals surface area contributed by atoms with E-state index in [2.05, 4.69) is 4.90 Å². The van der Waals surface area contributed by atoms with Crippen LogP contribution in [0.25, 0.3) is 0 Å². The number of aromatic hydroxyl groups is 1. The predicted molar refractivity (Wildman–Crippen MR) is 137 cm³/mol. The molecule has 3 aliphatic carbocycles. The number of aliphatic hydroxyl groups is 3. The van der Waals surface area contributed by atoms with Gasteiger partial charge in [-0.2, -0.15) is 0 Å². The first kappa shape index (κ1) is 27.3. The molecule has 6 N–H and O–H groups in total. The van der Waals surface area contributed by atoms with E-state index in [1.165, 1.54) is 11.0 Å². The molecular formula is C28H34FN3O7. The lowest BCUT2D eigenvalue weighted by molar-refractivity contribution is -0.148. The number of halogens is 1. The fourth-order valence-corrected chi connectivity index (χ4v) is 7.30. The van der Waals surface area contributed by atoms with Crippen LogP contribution in [-0.4, -0.2) is 86.0 Å². The highest BCUT2D eigenvalue weighted by atomic mass is 19.1. The van der Waals surface area contributed by atoms with Gasteiger partial charge in [0.15, 0.2) is 11.4 Å². The van der Waals surface area contributed by atoms with Crippen LogP contribution < -0.4 is 5.73 Å². The summed E-state index contributed by atoms with van der Waals surface area (Å²) in [7, 11) is 3.11. The zero-order valence-electron chi connectivity index (χ0n) is 22.4. The summed E-state index contributed by atoms with van der Waals surface area (Å²) in [6.45, 7) is 4.81. The number of phenols is 1. The Balaban J connectivity index is 1.67. The summed E-state index contributed by atoms with van der Waals surface area (Å²) in [5, 5.41) is 44.8. The maximum Gasteiger partial charge on any atom is 0.255 e. The van der Waals surface area contributed by atoms with Gasteiger partial charge < -0.3 is 26.2 Å². The highest BCUT2D eigenvalue weighted by Crippen LogP contribution is 2.53. The predicted octanol–water partition coefficient (Wildman–Crippen LogP) is 1.80. The van der Waals surface area contributed by atoms with E-state index in [0.29, 0.717) is 12.0 Å². The van der Waals surface area contributed by atoms with Crippen molar-refractivity contribution < 1.29 is 39.2 Å². The first-order valence-corrected chi connectivity index (χ1v) is 13.2. The summed E-state index contributed by atoms with van der Waals surface area (Å²) in [5.74, 6) is -8.10. The van der Waals surface area contributed by atoms with Crippen molar-refractivity contribution in [3.8, 4) is 5.75 Å². The first-order chi connectivity index (χ1) is 18.2. The topological polar surface area (TPSA) is 165 Å². The zero-order chi connectivity index (χ0) is 28.7. The van der Waals surface area contributed by atoms with Crippen molar-refractivity contribution in [2.24, 2.45) is 17.6 Å². The second kappa shape index (κ2) is 9.14. The van der Waals surface area contributed by atoms with Crippen LogP contribution in [0.1, 0.15) is 60.6 Å². The number of likely N-dealkylation sites (N-methyl/N-ethyl adjacent to an activating group) is 1. The Hall–Kier alpha value is -3.28. The highest BCUT2D eigenvalue weighted by Gasteiger charge is 2.63. The molecule has 5 rings (SSSR count). The Morgan fingerprint density at radius 1 is 1.23 bits per heavy atom. The number of rotatable bonds is 4. The molecule has 1 heterocycles. The Morgan fingerprint density at radius 2 is 1.90 bits per heavy atom. The largest absolute Gasteiger partial charge is 0.510 e. The quantitative estimate of drug-likeness (QED) is 0.356. The number of allylic oxidation sites excluding steroid dienone is 1. The van der Waals surface area contributed by atoms with Crippen LogP contribution in [-0.2, 0) is 16.0 Å². The number of Topliss-reactive ketones (excluding diaryl/α,β-unsaturated/α-hetero) is 2. The van der Waals surface area contributed by atoms with Gasteiger partial charge in [0.25, 0.3) is 5.91 Å². The van der Waals surface area contributed by atoms with E-state index in [-0.39, 0.29) is 41.6 Å². The number of phenolic OH excluding ortho intramolecular Hbond substituents is 1. The molecule has 0 radical (unpaired) electrons. The molecule has 210 valence electrons. The van der Waals surface area contributed by atoms with E-state index in [9.17, 15) is 34.8 Å². The van der Waals surface area contributed by atoms with Gasteiger partial charge in [-0.1, -0.05) is 0 Å². The molecule has 39 heavy (non-hydrogen) atoms. The van der Waals surface area contributed by atoms with E-state index in [1.54, 1.807) is 14.1 Å². The van der Waals surface area contributed by atoms with Gasteiger partial charge in [0.05, 0.1) is 11.6 Å². The molecule has 5 atom stereocenters. The standard InChI is InChI=1S/C28H34FN3O7/c1-11(2)32-7-5-6-16(32)13-10-17(33)19-14(21(13)29)8-12-9-15-22(31(3)4)24(35)20(27(30)38)26(37)28(15,39)25(36)18(12)23(19)34/h10-12,15-16,22,33,35-36,39H,5-9H2,1-4H3,(H2,30,38)/t12-,15-,16?,22-,28-/m0/s1. The summed E-state index contributed by atoms with van der Waals surface area (Å²) in [4.78, 5) is 42.7. The van der Waals surface area contributed by atoms with Crippen LogP contribution >= 0.6 is 0 Å². The van der Waals surface area contributed by atoms with Crippen molar-refractivity contribution in [2.75, 3.05) is 20.6 Å². The molecule has 1 amide bonds. The lowest BCUT2D eigenvalue weighted by atomic mass is 9.58. The third-order valence-electron chi connectivity index (χ3n) is 9.00. The lowest BCUT2D eigenvalue weighted by Crippen LogP contribution is -2.63. The van der Waals surface area contributed by atoms with Crippen molar-refractivity contribution >= 4 is 17.5 Å². The average Bonchev–Trinajstić information content (AvgIpc) is 3.33. The van der Waals surface area contributed by atoms with Crippen molar-refractivity contribution in [1.82, 2.24) is 9.80 Å². The Kier molecular flexibility index (Phi) is 6.40. The van der Waals surface area contributed by atoms with Crippen LogP contribution in [0.15, 0.2) is 28.7 Å². The molecule has 0 saturated carbocycles. The van der Waals surface area contributed by atoms with Gasteiger partial charge in [-0.25, -0.2) is 4.39 Å². The van der Waals surface area contributed by atoms with Crippen LogP contribution in [0.4, 0.5) is 4.39 Å². The van der Waals surface area contributed by atoms with Gasteiger partial charge in [0.1, 0.15) is 28.7 Å². The number of primary amides is 1. The number of nitrogens with zero attached hydrogens (tertiary/aromatic N) is 2. The van der Waals surface area contributed by atoms with Crippen LogP contribution in [0, 0.1) is 17.7 Å². The van der Waals surface area contributed by atoms with Gasteiger partial charge in [0.2, 0.25) is 5.78 Å². The Bertz CT molecular complexity index is 1370. The van der Waals surface area contributed by atoms with Crippen molar-refractivity contribution in [1.29, 1.82) is 0 Å². The summed E-state index contributed by atoms with van der Waals surface area (Å²) < 4.78 is 16.2. The summed E-state index contributed by atoms with van der Waals surface area (Å²) >= 11 is 0. The smallest absolute Gasteiger partial charge is 0.255 e. The maximum atomic E-state index is 16.2. The van der Waals surface area contributed by atoms with Gasteiger partial charge in [-0.05, 0) is 72.2 Å². The van der Waals surface area contributed by atoms with E-state index >= 15 is 4.39 Å².